The molecule has 31 heavy (non-hydrogen) atoms. The number of rotatable bonds is 5. The van der Waals surface area contributed by atoms with Crippen molar-refractivity contribution in [2.24, 2.45) is 5.73 Å². The average Bonchev–Trinajstić information content (AvgIpc) is 3.46. The molecule has 6 nitrogen and oxygen atoms in total. The molecule has 162 valence electrons. The molecule has 0 unspecified atom stereocenters. The molecule has 0 spiro atoms. The van der Waals surface area contributed by atoms with Gasteiger partial charge in [-0.15, -0.1) is 22.7 Å². The van der Waals surface area contributed by atoms with Crippen LogP contribution < -0.4 is 11.1 Å². The van der Waals surface area contributed by atoms with Crippen molar-refractivity contribution < 1.29 is 9.59 Å². The van der Waals surface area contributed by atoms with Gasteiger partial charge in [0.25, 0.3) is 5.91 Å². The molecule has 2 aromatic heterocycles. The van der Waals surface area contributed by atoms with Crippen LogP contribution in [0.1, 0.15) is 57.9 Å². The molecule has 2 aliphatic rings. The van der Waals surface area contributed by atoms with E-state index in [1.165, 1.54) is 20.9 Å². The summed E-state index contributed by atoms with van der Waals surface area (Å²) < 4.78 is 1.21. The Morgan fingerprint density at radius 2 is 2.06 bits per heavy atom. The normalized spacial score (nSPS) is 20.0. The van der Waals surface area contributed by atoms with Crippen LogP contribution in [0.5, 0.6) is 0 Å². The Balaban J connectivity index is 1.30. The number of likely N-dealkylation sites (tertiary alicyclic amines) is 1. The van der Waals surface area contributed by atoms with Crippen LogP contribution in [0.15, 0.2) is 24.3 Å². The van der Waals surface area contributed by atoms with E-state index in [-0.39, 0.29) is 11.9 Å². The second kappa shape index (κ2) is 8.33. The zero-order valence-corrected chi connectivity index (χ0v) is 19.2. The highest BCUT2D eigenvalue weighted by atomic mass is 32.1. The molecule has 1 aromatic carbocycles. The maximum Gasteiger partial charge on any atom is 0.251 e. The lowest BCUT2D eigenvalue weighted by atomic mass is 9.97. The number of carbonyl (C=O) groups is 2. The molecule has 0 saturated carbocycles. The minimum Gasteiger partial charge on any atom is -0.365 e. The van der Waals surface area contributed by atoms with Crippen LogP contribution in [0.25, 0.3) is 10.2 Å². The quantitative estimate of drug-likeness (QED) is 0.606. The number of para-hydroxylation sites is 1. The van der Waals surface area contributed by atoms with E-state index in [0.717, 1.165) is 61.3 Å². The topological polar surface area (TPSA) is 88.3 Å². The number of thiazole rings is 1. The molecule has 1 aliphatic heterocycles. The first-order chi connectivity index (χ1) is 15.0. The molecule has 0 bridgehead atoms. The number of anilines is 1. The van der Waals surface area contributed by atoms with Crippen LogP contribution in [0, 0.1) is 0 Å². The van der Waals surface area contributed by atoms with Gasteiger partial charge in [0, 0.05) is 17.3 Å². The van der Waals surface area contributed by atoms with Crippen molar-refractivity contribution in [3.63, 3.8) is 0 Å². The second-order valence-corrected chi connectivity index (χ2v) is 10.6. The van der Waals surface area contributed by atoms with Gasteiger partial charge in [-0.05, 0) is 63.3 Å². The van der Waals surface area contributed by atoms with Crippen molar-refractivity contribution in [2.75, 3.05) is 18.4 Å². The summed E-state index contributed by atoms with van der Waals surface area (Å²) in [7, 11) is 0. The van der Waals surface area contributed by atoms with Crippen molar-refractivity contribution in [3.8, 4) is 0 Å². The Bertz CT molecular complexity index is 1120. The Hall–Kier alpha value is -2.29. The molecule has 3 heterocycles. The fourth-order valence-electron chi connectivity index (χ4n) is 4.76. The van der Waals surface area contributed by atoms with Crippen LogP contribution in [0.4, 0.5) is 5.00 Å². The number of thiophene rings is 1. The molecule has 0 radical (unpaired) electrons. The van der Waals surface area contributed by atoms with Gasteiger partial charge in [-0.2, -0.15) is 0 Å². The molecule has 1 aliphatic carbocycles. The van der Waals surface area contributed by atoms with Gasteiger partial charge in [0.05, 0.1) is 26.8 Å². The number of aryl methyl sites for hydroxylation is 1. The van der Waals surface area contributed by atoms with Crippen LogP contribution >= 0.6 is 22.7 Å². The van der Waals surface area contributed by atoms with E-state index >= 15 is 0 Å². The van der Waals surface area contributed by atoms with E-state index in [4.69, 9.17) is 10.7 Å². The number of benzene rings is 1. The largest absolute Gasteiger partial charge is 0.365 e. The zero-order chi connectivity index (χ0) is 21.5. The van der Waals surface area contributed by atoms with E-state index in [2.05, 4.69) is 22.3 Å². The van der Waals surface area contributed by atoms with E-state index in [1.54, 1.807) is 11.3 Å². The first kappa shape index (κ1) is 20.6. The van der Waals surface area contributed by atoms with E-state index < -0.39 is 5.91 Å². The lowest BCUT2D eigenvalue weighted by molar-refractivity contribution is -0.121. The highest BCUT2D eigenvalue weighted by molar-refractivity contribution is 7.18. The van der Waals surface area contributed by atoms with E-state index in [1.807, 2.05) is 19.1 Å². The summed E-state index contributed by atoms with van der Waals surface area (Å²) in [5, 5.41) is 4.79. The van der Waals surface area contributed by atoms with Crippen molar-refractivity contribution in [2.45, 2.75) is 51.0 Å². The fourth-order valence-corrected chi connectivity index (χ4v) is 7.15. The van der Waals surface area contributed by atoms with Crippen LogP contribution in [-0.4, -0.2) is 40.8 Å². The van der Waals surface area contributed by atoms with Gasteiger partial charge < -0.3 is 11.1 Å². The van der Waals surface area contributed by atoms with Gasteiger partial charge in [-0.1, -0.05) is 12.1 Å². The minimum atomic E-state index is -0.448. The maximum absolute atomic E-state index is 13.1. The summed E-state index contributed by atoms with van der Waals surface area (Å²) in [4.78, 5) is 33.4. The summed E-state index contributed by atoms with van der Waals surface area (Å²) in [5.74, 6) is -0.184. The highest BCUT2D eigenvalue weighted by Gasteiger charge is 2.32. The summed E-state index contributed by atoms with van der Waals surface area (Å²) >= 11 is 3.27. The van der Waals surface area contributed by atoms with Gasteiger partial charge in [0.2, 0.25) is 5.91 Å². The molecule has 1 saturated heterocycles. The number of primary amides is 1. The lowest BCUT2D eigenvalue weighted by Crippen LogP contribution is -2.46. The predicted octanol–water partition coefficient (Wildman–Crippen LogP) is 4.15. The third-order valence-corrected chi connectivity index (χ3v) is 8.85. The molecule has 2 atom stereocenters. The summed E-state index contributed by atoms with van der Waals surface area (Å²) in [5.41, 5.74) is 8.25. The molecule has 3 aromatic rings. The number of hydrogen-bond acceptors (Lipinski definition) is 6. The molecule has 5 rings (SSSR count). The predicted molar refractivity (Wildman–Crippen MR) is 126 cm³/mol. The molecular weight excluding hydrogens is 428 g/mol. The van der Waals surface area contributed by atoms with Crippen LogP contribution in [-0.2, 0) is 17.6 Å². The Kier molecular flexibility index (Phi) is 5.54. The van der Waals surface area contributed by atoms with Crippen molar-refractivity contribution in [3.05, 3.63) is 45.3 Å². The summed E-state index contributed by atoms with van der Waals surface area (Å²) in [6.07, 6.45) is 5.01. The van der Waals surface area contributed by atoms with Crippen LogP contribution in [0.2, 0.25) is 0 Å². The van der Waals surface area contributed by atoms with Gasteiger partial charge in [-0.3, -0.25) is 14.5 Å². The van der Waals surface area contributed by atoms with Gasteiger partial charge in [0.1, 0.15) is 5.00 Å². The van der Waals surface area contributed by atoms with E-state index in [0.29, 0.717) is 16.5 Å². The lowest BCUT2D eigenvalue weighted by Gasteiger charge is -2.35. The number of nitrogens with two attached hydrogens (primary N) is 1. The number of piperidine rings is 1. The Morgan fingerprint density at radius 3 is 2.87 bits per heavy atom. The second-order valence-electron chi connectivity index (χ2n) is 8.44. The van der Waals surface area contributed by atoms with Crippen LogP contribution in [0.3, 0.4) is 0 Å². The Labute approximate surface area is 189 Å². The maximum atomic E-state index is 13.1. The molecular formula is C23H26N4O2S2. The van der Waals surface area contributed by atoms with Crippen molar-refractivity contribution in [1.82, 2.24) is 9.88 Å². The zero-order valence-electron chi connectivity index (χ0n) is 17.5. The van der Waals surface area contributed by atoms with E-state index in [9.17, 15) is 9.59 Å². The molecule has 8 heteroatoms. The highest BCUT2D eigenvalue weighted by Crippen LogP contribution is 2.39. The molecule has 1 fully saturated rings. The number of carbonyl (C=O) groups excluding carboxylic acids is 2. The third kappa shape index (κ3) is 3.88. The summed E-state index contributed by atoms with van der Waals surface area (Å²) in [6.45, 7) is 3.65. The van der Waals surface area contributed by atoms with Gasteiger partial charge >= 0.3 is 0 Å². The SMILES string of the molecule is C[C@H](C(=O)Nc1sc2c(c1C(N)=O)CCC2)N1CCC[C@@H](c2nc3ccccc3s2)C1. The summed E-state index contributed by atoms with van der Waals surface area (Å²) in [6, 6.07) is 7.95. The van der Waals surface area contributed by atoms with Crippen molar-refractivity contribution in [1.29, 1.82) is 0 Å². The Morgan fingerprint density at radius 1 is 1.23 bits per heavy atom. The number of nitrogens with zero attached hydrogens (tertiary/aromatic N) is 2. The standard InChI is InChI=1S/C23H26N4O2S2/c1-13(21(29)26-23-19(20(24)28)15-7-4-10-17(15)30-23)27-11-5-6-14(12-27)22-25-16-8-2-3-9-18(16)31-22/h2-3,8-9,13-14H,4-7,10-12H2,1H3,(H2,24,28)(H,26,29)/t13-,14-/m1/s1. The average molecular weight is 455 g/mol. The number of aromatic nitrogens is 1. The number of amides is 2. The fraction of sp³-hybridized carbons (Fsp3) is 0.435. The van der Waals surface area contributed by atoms with Crippen molar-refractivity contribution >= 4 is 49.7 Å². The first-order valence-corrected chi connectivity index (χ1v) is 12.5. The van der Waals surface area contributed by atoms with Gasteiger partial charge in [0.15, 0.2) is 0 Å². The van der Waals surface area contributed by atoms with Gasteiger partial charge in [-0.25, -0.2) is 4.98 Å². The number of fused-ring (bicyclic) bond motifs is 2. The first-order valence-electron chi connectivity index (χ1n) is 10.9. The number of nitrogens with one attached hydrogen (secondary N) is 1. The smallest absolute Gasteiger partial charge is 0.251 e. The molecule has 3 N–H and O–H groups in total. The third-order valence-electron chi connectivity index (χ3n) is 6.44. The minimum absolute atomic E-state index is 0.0765. The molecule has 2 amide bonds. The monoisotopic (exact) mass is 454 g/mol. The number of hydrogen-bond donors (Lipinski definition) is 2.